The minimum absolute atomic E-state index is 0.129. The number of benzene rings is 1. The average Bonchev–Trinajstić information content (AvgIpc) is 3.16. The van der Waals surface area contributed by atoms with Crippen LogP contribution in [0.25, 0.3) is 17.0 Å². The molecule has 31 heavy (non-hydrogen) atoms. The highest BCUT2D eigenvalue weighted by atomic mass is 19.1. The van der Waals surface area contributed by atoms with Crippen molar-refractivity contribution in [2.45, 2.75) is 32.8 Å². The maximum atomic E-state index is 14.1. The molecule has 0 spiro atoms. The molecule has 1 unspecified atom stereocenters. The van der Waals surface area contributed by atoms with Crippen LogP contribution >= 0.6 is 0 Å². The van der Waals surface area contributed by atoms with Gasteiger partial charge >= 0.3 is 0 Å². The van der Waals surface area contributed by atoms with Crippen molar-refractivity contribution in [3.63, 3.8) is 0 Å². The Kier molecular flexibility index (Phi) is 5.41. The van der Waals surface area contributed by atoms with Crippen LogP contribution in [0.5, 0.6) is 5.88 Å². The number of rotatable bonds is 2. The lowest BCUT2D eigenvalue weighted by molar-refractivity contribution is 0.217. The van der Waals surface area contributed by atoms with Crippen molar-refractivity contribution in [3.05, 3.63) is 58.4 Å². The van der Waals surface area contributed by atoms with E-state index >= 15 is 0 Å². The Bertz CT molecular complexity index is 1200. The molecule has 8 nitrogen and oxygen atoms in total. The maximum absolute atomic E-state index is 14.1. The molecule has 0 saturated carbocycles. The zero-order valence-corrected chi connectivity index (χ0v) is 17.5. The van der Waals surface area contributed by atoms with Crippen molar-refractivity contribution in [1.29, 1.82) is 0 Å². The first-order chi connectivity index (χ1) is 14.9. The molecular formula is C22H23FN6O2. The van der Waals surface area contributed by atoms with Crippen LogP contribution in [0, 0.1) is 5.82 Å². The minimum Gasteiger partial charge on any atom is -0.467 e. The summed E-state index contributed by atoms with van der Waals surface area (Å²) in [5, 5.41) is 4.20. The largest absolute Gasteiger partial charge is 0.467 e. The summed E-state index contributed by atoms with van der Waals surface area (Å²) in [6.07, 6.45) is 3.58. The molecule has 9 heteroatoms. The van der Waals surface area contributed by atoms with Gasteiger partial charge in [0.2, 0.25) is 0 Å². The summed E-state index contributed by atoms with van der Waals surface area (Å²) in [4.78, 5) is 13.0. The van der Waals surface area contributed by atoms with Crippen LogP contribution in [0.15, 0.2) is 39.5 Å². The quantitative estimate of drug-likeness (QED) is 0.606. The highest BCUT2D eigenvalue weighted by Gasteiger charge is 2.25. The number of nitrogens with zero attached hydrogens (tertiary/aromatic N) is 4. The van der Waals surface area contributed by atoms with Gasteiger partial charge in [-0.05, 0) is 31.5 Å². The number of halogens is 1. The van der Waals surface area contributed by atoms with Gasteiger partial charge in [0.1, 0.15) is 11.9 Å². The van der Waals surface area contributed by atoms with Crippen LogP contribution in [-0.2, 0) is 12.8 Å². The van der Waals surface area contributed by atoms with Gasteiger partial charge in [-0.25, -0.2) is 14.4 Å². The lowest BCUT2D eigenvalue weighted by Gasteiger charge is -2.21. The van der Waals surface area contributed by atoms with Crippen molar-refractivity contribution >= 4 is 17.7 Å². The summed E-state index contributed by atoms with van der Waals surface area (Å²) in [7, 11) is 1.66. The number of hydrogen-bond donors (Lipinski definition) is 2. The number of ether oxygens (including phenoxy) is 1. The van der Waals surface area contributed by atoms with Crippen molar-refractivity contribution in [3.8, 4) is 17.1 Å². The van der Waals surface area contributed by atoms with Gasteiger partial charge in [-0.1, -0.05) is 12.1 Å². The smallest absolute Gasteiger partial charge is 0.258 e. The van der Waals surface area contributed by atoms with Crippen molar-refractivity contribution in [2.75, 3.05) is 12.8 Å². The number of fused-ring (bicyclic) bond motifs is 5. The molecule has 160 valence electrons. The number of aryl methyl sites for hydroxylation is 1. The third-order valence-corrected chi connectivity index (χ3v) is 5.20. The molecule has 2 bridgehead atoms. The van der Waals surface area contributed by atoms with Crippen molar-refractivity contribution in [2.24, 2.45) is 10.7 Å². The molecule has 0 aliphatic carbocycles. The van der Waals surface area contributed by atoms with Gasteiger partial charge in [-0.15, -0.1) is 0 Å². The van der Waals surface area contributed by atoms with E-state index < -0.39 is 11.9 Å². The van der Waals surface area contributed by atoms with E-state index in [-0.39, 0.29) is 11.7 Å². The van der Waals surface area contributed by atoms with Gasteiger partial charge in [-0.3, -0.25) is 4.99 Å². The third kappa shape index (κ3) is 3.74. The van der Waals surface area contributed by atoms with Crippen LogP contribution in [-0.4, -0.2) is 28.4 Å². The Hall–Kier alpha value is -3.75. The number of nitrogens with two attached hydrogens (primary N) is 2. The lowest BCUT2D eigenvalue weighted by atomic mass is 9.95. The van der Waals surface area contributed by atoms with E-state index in [4.69, 9.17) is 20.7 Å². The molecule has 1 aromatic carbocycles. The fourth-order valence-corrected chi connectivity index (χ4v) is 3.66. The Morgan fingerprint density at radius 3 is 2.87 bits per heavy atom. The van der Waals surface area contributed by atoms with Crippen LogP contribution in [0.4, 0.5) is 10.2 Å². The van der Waals surface area contributed by atoms with Crippen LogP contribution in [0.1, 0.15) is 42.5 Å². The first-order valence-electron chi connectivity index (χ1n) is 9.90. The highest BCUT2D eigenvalue weighted by molar-refractivity contribution is 5.91. The summed E-state index contributed by atoms with van der Waals surface area (Å²) in [6.45, 7) is 3.75. The van der Waals surface area contributed by atoms with E-state index in [0.29, 0.717) is 46.7 Å². The van der Waals surface area contributed by atoms with Crippen molar-refractivity contribution < 1.29 is 13.7 Å². The van der Waals surface area contributed by atoms with Gasteiger partial charge < -0.3 is 20.7 Å². The first-order valence-corrected chi connectivity index (χ1v) is 9.90. The Morgan fingerprint density at radius 2 is 2.13 bits per heavy atom. The number of nitrogen functional groups attached to an aromatic ring is 1. The molecule has 0 fully saturated rings. The second-order valence-electron chi connectivity index (χ2n) is 7.22. The summed E-state index contributed by atoms with van der Waals surface area (Å²) in [5.41, 5.74) is 16.9. The molecule has 0 saturated heterocycles. The molecule has 4 N–H and O–H groups in total. The molecule has 3 heterocycles. The van der Waals surface area contributed by atoms with Gasteiger partial charge in [0, 0.05) is 42.1 Å². The van der Waals surface area contributed by atoms with Gasteiger partial charge in [0.05, 0.1) is 23.1 Å². The number of allylic oxidation sites excluding steroid dienone is 1. The predicted octanol–water partition coefficient (Wildman–Crippen LogP) is 3.48. The highest BCUT2D eigenvalue weighted by Crippen LogP contribution is 2.35. The molecule has 0 amide bonds. The number of hydrogen-bond acceptors (Lipinski definition) is 8. The zero-order chi connectivity index (χ0) is 22.1. The normalized spacial score (nSPS) is 16.3. The summed E-state index contributed by atoms with van der Waals surface area (Å²) >= 11 is 0. The predicted molar refractivity (Wildman–Crippen MR) is 116 cm³/mol. The molecule has 4 rings (SSSR count). The van der Waals surface area contributed by atoms with E-state index in [9.17, 15) is 4.39 Å². The zero-order valence-electron chi connectivity index (χ0n) is 17.5. The van der Waals surface area contributed by atoms with Crippen LogP contribution < -0.4 is 16.2 Å². The summed E-state index contributed by atoms with van der Waals surface area (Å²) < 4.78 is 25.8. The SMILES string of the molecule is CCc1noc2c1-c1cnc(N)c(n1)OC(C)c1cc(F)ccc1C(N)=C(C=NC)C2. The van der Waals surface area contributed by atoms with Gasteiger partial charge in [0.15, 0.2) is 11.6 Å². The van der Waals surface area contributed by atoms with Gasteiger partial charge in [0.25, 0.3) is 5.88 Å². The fourth-order valence-electron chi connectivity index (χ4n) is 3.66. The molecule has 1 aliphatic rings. The van der Waals surface area contributed by atoms with E-state index in [2.05, 4.69) is 20.1 Å². The Morgan fingerprint density at radius 1 is 1.32 bits per heavy atom. The molecule has 1 aliphatic heterocycles. The molecule has 1 atom stereocenters. The van der Waals surface area contributed by atoms with E-state index in [1.165, 1.54) is 12.1 Å². The summed E-state index contributed by atoms with van der Waals surface area (Å²) in [6, 6.07) is 4.37. The Labute approximate surface area is 178 Å². The van der Waals surface area contributed by atoms with Gasteiger partial charge in [-0.2, -0.15) is 0 Å². The minimum atomic E-state index is -0.595. The van der Waals surface area contributed by atoms with Crippen molar-refractivity contribution in [1.82, 2.24) is 15.1 Å². The van der Waals surface area contributed by atoms with E-state index in [1.807, 2.05) is 6.92 Å². The fraction of sp³-hybridized carbons (Fsp3) is 0.273. The van der Waals surface area contributed by atoms with Crippen LogP contribution in [0.3, 0.4) is 0 Å². The third-order valence-electron chi connectivity index (χ3n) is 5.20. The van der Waals surface area contributed by atoms with E-state index in [0.717, 1.165) is 11.3 Å². The number of aromatic nitrogens is 3. The monoisotopic (exact) mass is 422 g/mol. The second kappa shape index (κ2) is 8.17. The standard InChI is InChI=1S/C22H23FN6O2/c1-4-16-19-17-10-27-21(25)22(28-17)30-11(2)15-8-13(23)5-6-14(15)20(24)12(9-26-3)7-18(19)31-29-16/h5-6,8-11H,4,7,24H2,1-3H3,(H2,25,27). The molecule has 0 radical (unpaired) electrons. The number of anilines is 1. The van der Waals surface area contributed by atoms with Crippen LogP contribution in [0.2, 0.25) is 0 Å². The topological polar surface area (TPSA) is 125 Å². The molecular weight excluding hydrogens is 399 g/mol. The average molecular weight is 422 g/mol. The maximum Gasteiger partial charge on any atom is 0.258 e. The first kappa shape index (κ1) is 20.5. The second-order valence-corrected chi connectivity index (χ2v) is 7.22. The summed E-state index contributed by atoms with van der Waals surface area (Å²) in [5.74, 6) is 0.437. The van der Waals surface area contributed by atoms with E-state index in [1.54, 1.807) is 32.4 Å². The Balaban J connectivity index is 2.03. The molecule has 2 aromatic heterocycles. The lowest BCUT2D eigenvalue weighted by Crippen LogP contribution is -2.14. The number of aliphatic imine (C=N–C) groups is 1. The molecule has 3 aromatic rings.